The molecule has 1 aromatic heterocycles. The van der Waals surface area contributed by atoms with E-state index in [0.29, 0.717) is 17.4 Å². The van der Waals surface area contributed by atoms with Crippen molar-refractivity contribution in [1.82, 2.24) is 9.97 Å². The summed E-state index contributed by atoms with van der Waals surface area (Å²) < 4.78 is 0. The van der Waals surface area contributed by atoms with Crippen LogP contribution < -0.4 is 10.6 Å². The summed E-state index contributed by atoms with van der Waals surface area (Å²) in [5, 5.41) is 6.10. The maximum Gasteiger partial charge on any atom is 0.274 e. The first-order valence-electron chi connectivity index (χ1n) is 8.57. The third-order valence-corrected chi connectivity index (χ3v) is 3.82. The Morgan fingerprint density at radius 1 is 1.12 bits per heavy atom. The van der Waals surface area contributed by atoms with Gasteiger partial charge in [0.25, 0.3) is 5.91 Å². The van der Waals surface area contributed by atoms with Crippen LogP contribution in [-0.2, 0) is 0 Å². The zero-order valence-corrected chi connectivity index (χ0v) is 14.7. The van der Waals surface area contributed by atoms with Crippen LogP contribution in [0, 0.1) is 0 Å². The molecular formula is C19H26N4O. The minimum absolute atomic E-state index is 0.230. The molecular weight excluding hydrogens is 300 g/mol. The van der Waals surface area contributed by atoms with Gasteiger partial charge in [-0.05, 0) is 30.0 Å². The van der Waals surface area contributed by atoms with Crippen molar-refractivity contribution in [3.8, 4) is 0 Å². The smallest absolute Gasteiger partial charge is 0.274 e. The molecule has 0 fully saturated rings. The molecule has 2 rings (SSSR count). The van der Waals surface area contributed by atoms with Crippen LogP contribution in [0.3, 0.4) is 0 Å². The zero-order valence-electron chi connectivity index (χ0n) is 14.7. The van der Waals surface area contributed by atoms with Crippen LogP contribution in [0.5, 0.6) is 0 Å². The Morgan fingerprint density at radius 3 is 2.54 bits per heavy atom. The predicted octanol–water partition coefficient (Wildman–Crippen LogP) is 4.45. The predicted molar refractivity (Wildman–Crippen MR) is 98.5 cm³/mol. The van der Waals surface area contributed by atoms with Gasteiger partial charge < -0.3 is 10.6 Å². The highest BCUT2D eigenvalue weighted by Crippen LogP contribution is 2.17. The Labute approximate surface area is 143 Å². The van der Waals surface area contributed by atoms with Gasteiger partial charge in [0.2, 0.25) is 0 Å². The molecule has 0 atom stereocenters. The number of nitrogens with one attached hydrogen (secondary N) is 2. The maximum atomic E-state index is 12.3. The summed E-state index contributed by atoms with van der Waals surface area (Å²) in [4.78, 5) is 20.6. The fraction of sp³-hybridized carbons (Fsp3) is 0.421. The third-order valence-electron chi connectivity index (χ3n) is 3.82. The number of aromatic nitrogens is 2. The Bertz CT molecular complexity index is 653. The van der Waals surface area contributed by atoms with E-state index in [-0.39, 0.29) is 5.91 Å². The summed E-state index contributed by atoms with van der Waals surface area (Å²) in [6.07, 6.45) is 4.86. The fourth-order valence-electron chi connectivity index (χ4n) is 2.32. The lowest BCUT2D eigenvalue weighted by molar-refractivity contribution is 0.102. The Balaban J connectivity index is 1.96. The van der Waals surface area contributed by atoms with Crippen LogP contribution in [0.15, 0.2) is 36.7 Å². The molecule has 1 aromatic carbocycles. The molecule has 2 N–H and O–H groups in total. The largest absolute Gasteiger partial charge is 0.370 e. The van der Waals surface area contributed by atoms with Crippen molar-refractivity contribution in [3.05, 3.63) is 47.9 Å². The first-order valence-corrected chi connectivity index (χ1v) is 8.57. The third kappa shape index (κ3) is 5.33. The molecule has 0 bridgehead atoms. The van der Waals surface area contributed by atoms with Gasteiger partial charge in [-0.1, -0.05) is 45.7 Å². The van der Waals surface area contributed by atoms with Crippen molar-refractivity contribution in [1.29, 1.82) is 0 Å². The lowest BCUT2D eigenvalue weighted by atomic mass is 10.0. The van der Waals surface area contributed by atoms with Crippen molar-refractivity contribution in [2.75, 3.05) is 17.2 Å². The molecule has 24 heavy (non-hydrogen) atoms. The quantitative estimate of drug-likeness (QED) is 0.703. The van der Waals surface area contributed by atoms with Crippen molar-refractivity contribution in [2.24, 2.45) is 0 Å². The topological polar surface area (TPSA) is 66.9 Å². The van der Waals surface area contributed by atoms with E-state index < -0.39 is 0 Å². The van der Waals surface area contributed by atoms with E-state index in [4.69, 9.17) is 0 Å². The van der Waals surface area contributed by atoms with Crippen molar-refractivity contribution < 1.29 is 4.79 Å². The first kappa shape index (κ1) is 17.9. The van der Waals surface area contributed by atoms with Gasteiger partial charge in [-0.2, -0.15) is 0 Å². The summed E-state index contributed by atoms with van der Waals surface area (Å²) in [7, 11) is 0. The molecule has 0 radical (unpaired) electrons. The van der Waals surface area contributed by atoms with Gasteiger partial charge in [-0.15, -0.1) is 0 Å². The van der Waals surface area contributed by atoms with Crippen molar-refractivity contribution >= 4 is 17.4 Å². The number of unbranched alkanes of at least 4 members (excludes halogenated alkanes) is 2. The molecule has 128 valence electrons. The summed E-state index contributed by atoms with van der Waals surface area (Å²) in [6.45, 7) is 7.30. The van der Waals surface area contributed by atoms with E-state index in [1.165, 1.54) is 24.7 Å². The maximum absolute atomic E-state index is 12.3. The lowest BCUT2D eigenvalue weighted by Gasteiger charge is -2.09. The molecule has 0 saturated heterocycles. The van der Waals surface area contributed by atoms with Crippen LogP contribution in [0.4, 0.5) is 11.5 Å². The van der Waals surface area contributed by atoms with Crippen LogP contribution in [0.2, 0.25) is 0 Å². The second-order valence-electron chi connectivity index (χ2n) is 6.15. The first-order chi connectivity index (χ1) is 11.6. The van der Waals surface area contributed by atoms with Gasteiger partial charge in [0, 0.05) is 18.3 Å². The van der Waals surface area contributed by atoms with Crippen LogP contribution in [0.1, 0.15) is 62.0 Å². The Kier molecular flexibility index (Phi) is 6.73. The summed E-state index contributed by atoms with van der Waals surface area (Å²) in [5.74, 6) is 0.922. The minimum atomic E-state index is -0.230. The Hall–Kier alpha value is -2.43. The molecule has 2 aromatic rings. The number of hydrogen-bond acceptors (Lipinski definition) is 4. The number of carbonyl (C=O) groups excluding carboxylic acids is 1. The highest BCUT2D eigenvalue weighted by atomic mass is 16.1. The molecule has 0 aliphatic carbocycles. The van der Waals surface area contributed by atoms with Crippen LogP contribution in [-0.4, -0.2) is 22.4 Å². The molecule has 0 aliphatic heterocycles. The number of benzene rings is 1. The average molecular weight is 326 g/mol. The Morgan fingerprint density at radius 2 is 1.88 bits per heavy atom. The molecule has 0 unspecified atom stereocenters. The molecule has 0 aliphatic rings. The van der Waals surface area contributed by atoms with E-state index >= 15 is 0 Å². The second-order valence-corrected chi connectivity index (χ2v) is 6.15. The van der Waals surface area contributed by atoms with Crippen LogP contribution in [0.25, 0.3) is 0 Å². The standard InChI is InChI=1S/C19H26N4O/c1-4-5-6-11-20-18-12-17(21-13-22-18)19(24)23-16-9-7-15(8-10-16)14(2)3/h7-10,12-14H,4-6,11H2,1-3H3,(H,23,24)(H,20,21,22). The van der Waals surface area contributed by atoms with Crippen LogP contribution >= 0.6 is 0 Å². The molecule has 1 heterocycles. The fourth-order valence-corrected chi connectivity index (χ4v) is 2.32. The number of amides is 1. The molecule has 0 spiro atoms. The van der Waals surface area contributed by atoms with Gasteiger partial charge in [-0.3, -0.25) is 4.79 Å². The number of carbonyl (C=O) groups is 1. The zero-order chi connectivity index (χ0) is 17.4. The normalized spacial score (nSPS) is 10.7. The SMILES string of the molecule is CCCCCNc1cc(C(=O)Nc2ccc(C(C)C)cc2)ncn1. The van der Waals surface area contributed by atoms with Gasteiger partial charge in [0.1, 0.15) is 17.8 Å². The van der Waals surface area contributed by atoms with Gasteiger partial charge in [0.05, 0.1) is 0 Å². The minimum Gasteiger partial charge on any atom is -0.370 e. The number of rotatable bonds is 8. The van der Waals surface area contributed by atoms with Crippen molar-refractivity contribution in [3.63, 3.8) is 0 Å². The van der Waals surface area contributed by atoms with E-state index in [1.807, 2.05) is 24.3 Å². The monoisotopic (exact) mass is 326 g/mol. The van der Waals surface area contributed by atoms with Crippen molar-refractivity contribution in [2.45, 2.75) is 46.0 Å². The lowest BCUT2D eigenvalue weighted by Crippen LogP contribution is -2.15. The summed E-state index contributed by atoms with van der Waals surface area (Å²) >= 11 is 0. The molecule has 1 amide bonds. The molecule has 0 saturated carbocycles. The summed E-state index contributed by atoms with van der Waals surface area (Å²) in [6, 6.07) is 9.57. The molecule has 5 nitrogen and oxygen atoms in total. The number of nitrogens with zero attached hydrogens (tertiary/aromatic N) is 2. The van der Waals surface area contributed by atoms with E-state index in [9.17, 15) is 4.79 Å². The number of anilines is 2. The highest BCUT2D eigenvalue weighted by Gasteiger charge is 2.09. The highest BCUT2D eigenvalue weighted by molar-refractivity contribution is 6.03. The average Bonchev–Trinajstić information content (AvgIpc) is 2.59. The van der Waals surface area contributed by atoms with E-state index in [1.54, 1.807) is 6.07 Å². The van der Waals surface area contributed by atoms with Gasteiger partial charge in [-0.25, -0.2) is 9.97 Å². The van der Waals surface area contributed by atoms with Gasteiger partial charge in [0.15, 0.2) is 0 Å². The summed E-state index contributed by atoms with van der Waals surface area (Å²) in [5.41, 5.74) is 2.37. The number of hydrogen-bond donors (Lipinski definition) is 2. The molecule has 5 heteroatoms. The van der Waals surface area contributed by atoms with Gasteiger partial charge >= 0.3 is 0 Å². The van der Waals surface area contributed by atoms with E-state index in [0.717, 1.165) is 18.7 Å². The second kappa shape index (κ2) is 9.01. The van der Waals surface area contributed by atoms with E-state index in [2.05, 4.69) is 41.4 Å².